The summed E-state index contributed by atoms with van der Waals surface area (Å²) in [6.07, 6.45) is 5.00. The van der Waals surface area contributed by atoms with Crippen LogP contribution in [0.4, 0.5) is 0 Å². The largest absolute Gasteiger partial charge is 0.295 e. The fourth-order valence-electron chi connectivity index (χ4n) is 2.64. The van der Waals surface area contributed by atoms with Gasteiger partial charge in [-0.25, -0.2) is 0 Å². The average molecular weight is 220 g/mol. The molecule has 0 spiro atoms. The predicted octanol–water partition coefficient (Wildman–Crippen LogP) is 4.15. The second kappa shape index (κ2) is 4.57. The van der Waals surface area contributed by atoms with E-state index in [1.54, 1.807) is 13.0 Å². The molecular formula is C15H24O. The molecule has 1 rings (SSSR count). The first kappa shape index (κ1) is 13.2. The summed E-state index contributed by atoms with van der Waals surface area (Å²) in [7, 11) is 0. The molecule has 1 nitrogen and oxygen atoms in total. The van der Waals surface area contributed by atoms with Gasteiger partial charge in [-0.3, -0.25) is 4.79 Å². The minimum atomic E-state index is 0.138. The van der Waals surface area contributed by atoms with Gasteiger partial charge in [0, 0.05) is 5.92 Å². The zero-order chi connectivity index (χ0) is 12.5. The Labute approximate surface area is 99.6 Å². The van der Waals surface area contributed by atoms with E-state index in [-0.39, 0.29) is 11.2 Å². The van der Waals surface area contributed by atoms with Crippen LogP contribution in [0.25, 0.3) is 0 Å². The highest BCUT2D eigenvalue weighted by molar-refractivity contribution is 5.87. The van der Waals surface area contributed by atoms with E-state index in [9.17, 15) is 4.79 Å². The minimum Gasteiger partial charge on any atom is -0.295 e. The molecule has 0 bridgehead atoms. The fraction of sp³-hybridized carbons (Fsp3) is 0.667. The van der Waals surface area contributed by atoms with Crippen molar-refractivity contribution < 1.29 is 4.79 Å². The van der Waals surface area contributed by atoms with Crippen molar-refractivity contribution in [3.8, 4) is 0 Å². The van der Waals surface area contributed by atoms with Crippen molar-refractivity contribution in [1.29, 1.82) is 0 Å². The molecule has 16 heavy (non-hydrogen) atoms. The van der Waals surface area contributed by atoms with Gasteiger partial charge in [-0.15, -0.1) is 0 Å². The van der Waals surface area contributed by atoms with Crippen LogP contribution in [-0.2, 0) is 4.79 Å². The van der Waals surface area contributed by atoms with Crippen molar-refractivity contribution in [1.82, 2.24) is 0 Å². The molecule has 2 unspecified atom stereocenters. The molecule has 0 aromatic carbocycles. The molecule has 0 amide bonds. The predicted molar refractivity (Wildman–Crippen MR) is 69.2 cm³/mol. The standard InChI is InChI=1S/C15H24O/c1-10-9-11(2)15(5,6)14(13(10)4)8-7-12(3)16/h7-8,11,14H,9H2,1-6H3/b8-7+. The van der Waals surface area contributed by atoms with Crippen LogP contribution >= 0.6 is 0 Å². The Morgan fingerprint density at radius 3 is 2.44 bits per heavy atom. The quantitative estimate of drug-likeness (QED) is 0.504. The van der Waals surface area contributed by atoms with Gasteiger partial charge in [0.15, 0.2) is 5.78 Å². The zero-order valence-electron chi connectivity index (χ0n) is 11.4. The van der Waals surface area contributed by atoms with Crippen LogP contribution in [-0.4, -0.2) is 5.78 Å². The number of hydrogen-bond donors (Lipinski definition) is 0. The topological polar surface area (TPSA) is 17.1 Å². The molecule has 90 valence electrons. The molecule has 0 radical (unpaired) electrons. The lowest BCUT2D eigenvalue weighted by molar-refractivity contribution is -0.112. The molecule has 0 heterocycles. The number of allylic oxidation sites excluding steroid dienone is 4. The smallest absolute Gasteiger partial charge is 0.152 e. The first-order valence-corrected chi connectivity index (χ1v) is 6.11. The highest BCUT2D eigenvalue weighted by Gasteiger charge is 2.38. The lowest BCUT2D eigenvalue weighted by Crippen LogP contribution is -2.35. The molecule has 0 aromatic rings. The molecule has 0 fully saturated rings. The van der Waals surface area contributed by atoms with E-state index in [1.165, 1.54) is 17.6 Å². The molecule has 1 aliphatic carbocycles. The van der Waals surface area contributed by atoms with E-state index in [1.807, 2.05) is 0 Å². The molecule has 0 saturated carbocycles. The zero-order valence-corrected chi connectivity index (χ0v) is 11.4. The van der Waals surface area contributed by atoms with Crippen LogP contribution in [0.1, 0.15) is 48.0 Å². The Hall–Kier alpha value is -0.850. The third kappa shape index (κ3) is 2.45. The number of hydrogen-bond acceptors (Lipinski definition) is 1. The van der Waals surface area contributed by atoms with E-state index in [2.05, 4.69) is 40.7 Å². The number of carbonyl (C=O) groups excluding carboxylic acids is 1. The summed E-state index contributed by atoms with van der Waals surface area (Å²) in [6, 6.07) is 0. The van der Waals surface area contributed by atoms with E-state index in [0.717, 1.165) is 0 Å². The summed E-state index contributed by atoms with van der Waals surface area (Å²) < 4.78 is 0. The monoisotopic (exact) mass is 220 g/mol. The van der Waals surface area contributed by atoms with Gasteiger partial charge in [-0.2, -0.15) is 0 Å². The van der Waals surface area contributed by atoms with Gasteiger partial charge in [0.2, 0.25) is 0 Å². The number of rotatable bonds is 2. The molecule has 0 aromatic heterocycles. The second-order valence-electron chi connectivity index (χ2n) is 5.84. The van der Waals surface area contributed by atoms with Crippen LogP contribution in [0.5, 0.6) is 0 Å². The summed E-state index contributed by atoms with van der Waals surface area (Å²) >= 11 is 0. The van der Waals surface area contributed by atoms with Crippen molar-refractivity contribution in [2.24, 2.45) is 17.3 Å². The third-order valence-corrected chi connectivity index (χ3v) is 4.35. The van der Waals surface area contributed by atoms with Gasteiger partial charge in [0.25, 0.3) is 0 Å². The first-order valence-electron chi connectivity index (χ1n) is 6.11. The van der Waals surface area contributed by atoms with E-state index in [0.29, 0.717) is 11.8 Å². The third-order valence-electron chi connectivity index (χ3n) is 4.35. The Kier molecular flexibility index (Phi) is 3.77. The van der Waals surface area contributed by atoms with Crippen LogP contribution < -0.4 is 0 Å². The maximum atomic E-state index is 11.1. The first-order chi connectivity index (χ1) is 7.26. The van der Waals surface area contributed by atoms with Crippen LogP contribution in [0.2, 0.25) is 0 Å². The van der Waals surface area contributed by atoms with Gasteiger partial charge in [-0.1, -0.05) is 38.0 Å². The van der Waals surface area contributed by atoms with Gasteiger partial charge in [0.1, 0.15) is 0 Å². The van der Waals surface area contributed by atoms with Crippen molar-refractivity contribution >= 4 is 5.78 Å². The maximum absolute atomic E-state index is 11.1. The van der Waals surface area contributed by atoms with E-state index >= 15 is 0 Å². The lowest BCUT2D eigenvalue weighted by atomic mass is 9.61. The van der Waals surface area contributed by atoms with Crippen LogP contribution in [0.15, 0.2) is 23.3 Å². The van der Waals surface area contributed by atoms with Gasteiger partial charge < -0.3 is 0 Å². The van der Waals surface area contributed by atoms with Crippen molar-refractivity contribution in [2.75, 3.05) is 0 Å². The normalized spacial score (nSPS) is 29.9. The number of ketones is 1. The summed E-state index contributed by atoms with van der Waals surface area (Å²) in [4.78, 5) is 11.1. The highest BCUT2D eigenvalue weighted by atomic mass is 16.1. The molecule has 1 heteroatoms. The lowest BCUT2D eigenvalue weighted by Gasteiger charge is -2.44. The summed E-state index contributed by atoms with van der Waals surface area (Å²) in [6.45, 7) is 13.0. The van der Waals surface area contributed by atoms with Crippen molar-refractivity contribution in [2.45, 2.75) is 48.0 Å². The van der Waals surface area contributed by atoms with Gasteiger partial charge in [-0.05, 0) is 44.6 Å². The van der Waals surface area contributed by atoms with Crippen LogP contribution in [0, 0.1) is 17.3 Å². The molecule has 0 aliphatic heterocycles. The SMILES string of the molecule is CC(=O)/C=C/C1C(C)=C(C)CC(C)C1(C)C. The Balaban J connectivity index is 3.10. The van der Waals surface area contributed by atoms with E-state index < -0.39 is 0 Å². The molecule has 2 atom stereocenters. The van der Waals surface area contributed by atoms with Crippen molar-refractivity contribution in [3.63, 3.8) is 0 Å². The summed E-state index contributed by atoms with van der Waals surface area (Å²) in [5.41, 5.74) is 3.18. The van der Waals surface area contributed by atoms with Gasteiger partial charge >= 0.3 is 0 Å². The van der Waals surface area contributed by atoms with E-state index in [4.69, 9.17) is 0 Å². The Bertz CT molecular complexity index is 344. The molecule has 1 aliphatic rings. The molecule has 0 N–H and O–H groups in total. The Morgan fingerprint density at radius 2 is 1.94 bits per heavy atom. The molecular weight excluding hydrogens is 196 g/mol. The fourth-order valence-corrected chi connectivity index (χ4v) is 2.64. The summed E-state index contributed by atoms with van der Waals surface area (Å²) in [5.74, 6) is 1.21. The molecule has 0 saturated heterocycles. The second-order valence-corrected chi connectivity index (χ2v) is 5.84. The number of carbonyl (C=O) groups is 1. The summed E-state index contributed by atoms with van der Waals surface area (Å²) in [5, 5.41) is 0. The Morgan fingerprint density at radius 1 is 1.38 bits per heavy atom. The average Bonchev–Trinajstić information content (AvgIpc) is 2.14. The minimum absolute atomic E-state index is 0.138. The van der Waals surface area contributed by atoms with Crippen LogP contribution in [0.3, 0.4) is 0 Å². The van der Waals surface area contributed by atoms with Gasteiger partial charge in [0.05, 0.1) is 0 Å². The van der Waals surface area contributed by atoms with Crippen molar-refractivity contribution in [3.05, 3.63) is 23.3 Å². The maximum Gasteiger partial charge on any atom is 0.152 e. The highest BCUT2D eigenvalue weighted by Crippen LogP contribution is 2.47.